The quantitative estimate of drug-likeness (QED) is 0.621. The Hall–Kier alpha value is -0.920. The average Bonchev–Trinajstić information content (AvgIpc) is 2.64. The highest BCUT2D eigenvalue weighted by Crippen LogP contribution is 2.45. The van der Waals surface area contributed by atoms with Gasteiger partial charge in [0.2, 0.25) is 0 Å². The van der Waals surface area contributed by atoms with Crippen molar-refractivity contribution in [1.82, 2.24) is 5.32 Å². The van der Waals surface area contributed by atoms with Crippen molar-refractivity contribution in [3.63, 3.8) is 0 Å². The van der Waals surface area contributed by atoms with Gasteiger partial charge in [-0.2, -0.15) is 22.0 Å². The molecule has 8 heteroatoms. The third-order valence-corrected chi connectivity index (χ3v) is 2.61. The molecule has 0 aromatic heterocycles. The fourth-order valence-electron chi connectivity index (χ4n) is 1.78. The molecule has 0 unspecified atom stereocenters. The molecule has 1 N–H and O–H groups in total. The van der Waals surface area contributed by atoms with Gasteiger partial charge in [-0.25, -0.2) is 0 Å². The van der Waals surface area contributed by atoms with E-state index in [-0.39, 0.29) is 13.2 Å². The van der Waals surface area contributed by atoms with Crippen LogP contribution in [0.2, 0.25) is 0 Å². The number of esters is 1. The molecule has 0 amide bonds. The molecule has 1 fully saturated rings. The molecule has 1 rings (SSSR count). The molecule has 1 heterocycles. The van der Waals surface area contributed by atoms with E-state index in [0.717, 1.165) is 0 Å². The van der Waals surface area contributed by atoms with Crippen molar-refractivity contribution in [2.45, 2.75) is 31.5 Å². The number of alkyl halides is 5. The summed E-state index contributed by atoms with van der Waals surface area (Å²) in [5.74, 6) is -8.08. The third-order valence-electron chi connectivity index (χ3n) is 2.61. The van der Waals surface area contributed by atoms with E-state index in [1.165, 1.54) is 6.92 Å². The lowest BCUT2D eigenvalue weighted by molar-refractivity contribution is -0.303. The molecule has 0 aromatic rings. The van der Waals surface area contributed by atoms with Crippen LogP contribution in [0.3, 0.4) is 0 Å². The molecule has 0 bridgehead atoms. The molecular weight excluding hydrogens is 249 g/mol. The highest BCUT2D eigenvalue weighted by molar-refractivity contribution is 5.76. The second-order valence-corrected chi connectivity index (χ2v) is 3.70. The predicted octanol–water partition coefficient (Wildman–Crippen LogP) is 1.73. The Labute approximate surface area is 94.3 Å². The fraction of sp³-hybridized carbons (Fsp3) is 0.889. The van der Waals surface area contributed by atoms with Gasteiger partial charge < -0.3 is 10.1 Å². The van der Waals surface area contributed by atoms with Crippen molar-refractivity contribution < 1.29 is 31.5 Å². The molecule has 17 heavy (non-hydrogen) atoms. The molecule has 0 spiro atoms. The standard InChI is InChI=1S/C9H12F5NO2/c1-2-17-7(16)6-5(3-4-15-6)8(10,11)9(12,13)14/h5-6,15H,2-4H2,1H3/t5-,6+/m1/s1. The minimum Gasteiger partial charge on any atom is -0.465 e. The molecule has 0 saturated carbocycles. The number of rotatable bonds is 3. The molecule has 0 aliphatic carbocycles. The molecule has 1 aliphatic rings. The summed E-state index contributed by atoms with van der Waals surface area (Å²) in [6.45, 7) is 1.31. The Morgan fingerprint density at radius 3 is 2.41 bits per heavy atom. The number of carbonyl (C=O) groups is 1. The molecule has 3 nitrogen and oxygen atoms in total. The number of halogens is 5. The zero-order valence-electron chi connectivity index (χ0n) is 8.98. The number of hydrogen-bond donors (Lipinski definition) is 1. The fourth-order valence-corrected chi connectivity index (χ4v) is 1.78. The first kappa shape index (κ1) is 14.1. The van der Waals surface area contributed by atoms with E-state index >= 15 is 0 Å². The second-order valence-electron chi connectivity index (χ2n) is 3.70. The van der Waals surface area contributed by atoms with Gasteiger partial charge in [-0.05, 0) is 19.9 Å². The summed E-state index contributed by atoms with van der Waals surface area (Å²) in [7, 11) is 0. The van der Waals surface area contributed by atoms with Crippen LogP contribution in [0.5, 0.6) is 0 Å². The first-order chi connectivity index (χ1) is 7.71. The van der Waals surface area contributed by atoms with Crippen LogP contribution in [0.15, 0.2) is 0 Å². The zero-order chi connectivity index (χ0) is 13.3. The van der Waals surface area contributed by atoms with Crippen molar-refractivity contribution in [2.24, 2.45) is 5.92 Å². The van der Waals surface area contributed by atoms with Gasteiger partial charge in [-0.3, -0.25) is 4.79 Å². The second kappa shape index (κ2) is 4.75. The summed E-state index contributed by atoms with van der Waals surface area (Å²) in [5, 5.41) is 2.31. The summed E-state index contributed by atoms with van der Waals surface area (Å²) < 4.78 is 67.2. The summed E-state index contributed by atoms with van der Waals surface area (Å²) >= 11 is 0. The van der Waals surface area contributed by atoms with Crippen molar-refractivity contribution in [3.8, 4) is 0 Å². The van der Waals surface area contributed by atoms with Crippen molar-refractivity contribution in [3.05, 3.63) is 0 Å². The van der Waals surface area contributed by atoms with Gasteiger partial charge in [-0.1, -0.05) is 0 Å². The Kier molecular flexibility index (Phi) is 3.95. The SMILES string of the molecule is CCOC(=O)[C@H]1NCC[C@H]1C(F)(F)C(F)(F)F. The summed E-state index contributed by atoms with van der Waals surface area (Å²) in [6, 6.07) is -1.61. The number of nitrogens with one attached hydrogen (secondary N) is 1. The molecule has 1 aliphatic heterocycles. The maximum Gasteiger partial charge on any atom is 0.453 e. The van der Waals surface area contributed by atoms with Gasteiger partial charge in [0.15, 0.2) is 0 Å². The smallest absolute Gasteiger partial charge is 0.453 e. The Morgan fingerprint density at radius 1 is 1.35 bits per heavy atom. The van der Waals surface area contributed by atoms with Crippen LogP contribution >= 0.6 is 0 Å². The van der Waals surface area contributed by atoms with Crippen LogP contribution < -0.4 is 5.32 Å². The van der Waals surface area contributed by atoms with Crippen molar-refractivity contribution >= 4 is 5.97 Å². The summed E-state index contributed by atoms with van der Waals surface area (Å²) in [6.07, 6.45) is -6.08. The van der Waals surface area contributed by atoms with E-state index in [0.29, 0.717) is 0 Å². The highest BCUT2D eigenvalue weighted by Gasteiger charge is 2.65. The van der Waals surface area contributed by atoms with E-state index < -0.39 is 36.4 Å². The summed E-state index contributed by atoms with van der Waals surface area (Å²) in [5.41, 5.74) is 0. The normalized spacial score (nSPS) is 26.0. The average molecular weight is 261 g/mol. The monoisotopic (exact) mass is 261 g/mol. The number of carbonyl (C=O) groups excluding carboxylic acids is 1. The molecule has 0 radical (unpaired) electrons. The first-order valence-corrected chi connectivity index (χ1v) is 5.06. The van der Waals surface area contributed by atoms with Crippen LogP contribution in [0.1, 0.15) is 13.3 Å². The topological polar surface area (TPSA) is 38.3 Å². The van der Waals surface area contributed by atoms with Gasteiger partial charge in [0.05, 0.1) is 12.5 Å². The number of ether oxygens (including phenoxy) is 1. The maximum atomic E-state index is 13.1. The minimum atomic E-state index is -5.66. The molecule has 0 aromatic carbocycles. The lowest BCUT2D eigenvalue weighted by Crippen LogP contribution is -2.51. The van der Waals surface area contributed by atoms with Crippen LogP contribution in [-0.4, -0.2) is 37.3 Å². The van der Waals surface area contributed by atoms with Gasteiger partial charge in [0, 0.05) is 0 Å². The summed E-state index contributed by atoms with van der Waals surface area (Å²) in [4.78, 5) is 11.2. The predicted molar refractivity (Wildman–Crippen MR) is 47.5 cm³/mol. The van der Waals surface area contributed by atoms with E-state index in [1.54, 1.807) is 0 Å². The van der Waals surface area contributed by atoms with Crippen molar-refractivity contribution in [2.75, 3.05) is 13.2 Å². The van der Waals surface area contributed by atoms with Gasteiger partial charge in [0.1, 0.15) is 6.04 Å². The zero-order valence-corrected chi connectivity index (χ0v) is 8.98. The van der Waals surface area contributed by atoms with Crippen LogP contribution in [0, 0.1) is 5.92 Å². The van der Waals surface area contributed by atoms with E-state index in [9.17, 15) is 26.7 Å². The Morgan fingerprint density at radius 2 is 1.94 bits per heavy atom. The van der Waals surface area contributed by atoms with E-state index in [4.69, 9.17) is 0 Å². The van der Waals surface area contributed by atoms with E-state index in [2.05, 4.69) is 10.1 Å². The maximum absolute atomic E-state index is 13.1. The largest absolute Gasteiger partial charge is 0.465 e. The van der Waals surface area contributed by atoms with Gasteiger partial charge >= 0.3 is 18.1 Å². The Balaban J connectivity index is 2.86. The minimum absolute atomic E-state index is 0.0681. The van der Waals surface area contributed by atoms with Crippen molar-refractivity contribution in [1.29, 1.82) is 0 Å². The van der Waals surface area contributed by atoms with Gasteiger partial charge in [0.25, 0.3) is 0 Å². The lowest BCUT2D eigenvalue weighted by atomic mass is 9.93. The number of hydrogen-bond acceptors (Lipinski definition) is 3. The van der Waals surface area contributed by atoms with Crippen LogP contribution in [0.25, 0.3) is 0 Å². The van der Waals surface area contributed by atoms with Crippen LogP contribution in [0.4, 0.5) is 22.0 Å². The Bertz CT molecular complexity index is 292. The lowest BCUT2D eigenvalue weighted by Gasteiger charge is -2.28. The highest BCUT2D eigenvalue weighted by atomic mass is 19.4. The first-order valence-electron chi connectivity index (χ1n) is 5.06. The van der Waals surface area contributed by atoms with Crippen LogP contribution in [-0.2, 0) is 9.53 Å². The third kappa shape index (κ3) is 2.67. The molecule has 1 saturated heterocycles. The molecule has 100 valence electrons. The van der Waals surface area contributed by atoms with Gasteiger partial charge in [-0.15, -0.1) is 0 Å². The molecular formula is C9H12F5NO2. The molecule has 2 atom stereocenters. The van der Waals surface area contributed by atoms with E-state index in [1.807, 2.05) is 0 Å².